The van der Waals surface area contributed by atoms with Crippen molar-refractivity contribution in [2.24, 2.45) is 11.3 Å². The van der Waals surface area contributed by atoms with Crippen LogP contribution in [0.15, 0.2) is 42.5 Å². The number of carbonyl (C=O) groups is 1. The summed E-state index contributed by atoms with van der Waals surface area (Å²) < 4.78 is 53.8. The number of halogens is 4. The Morgan fingerprint density at radius 1 is 1.21 bits per heavy atom. The lowest BCUT2D eigenvalue weighted by Crippen LogP contribution is -2.48. The summed E-state index contributed by atoms with van der Waals surface area (Å²) in [6, 6.07) is 11.8. The molecule has 0 radical (unpaired) electrons. The van der Waals surface area contributed by atoms with Crippen LogP contribution in [0.4, 0.5) is 23.2 Å². The maximum Gasteiger partial charge on any atom is 0.417 e. The monoisotopic (exact) mass is 474 g/mol. The molecule has 34 heavy (non-hydrogen) atoms. The molecule has 4 rings (SSSR count). The number of anilines is 1. The van der Waals surface area contributed by atoms with E-state index >= 15 is 0 Å². The summed E-state index contributed by atoms with van der Waals surface area (Å²) in [4.78, 5) is 16.8. The lowest BCUT2D eigenvalue weighted by Gasteiger charge is -2.43. The molecule has 0 saturated carbocycles. The fraction of sp³-hybridized carbons (Fsp3) is 0.440. The zero-order valence-electron chi connectivity index (χ0n) is 18.8. The molecule has 1 spiro atoms. The molecular weight excluding hydrogens is 448 g/mol. The molecule has 1 amide bonds. The predicted molar refractivity (Wildman–Crippen MR) is 119 cm³/mol. The number of alkyl halides is 3. The van der Waals surface area contributed by atoms with E-state index in [4.69, 9.17) is 5.26 Å². The largest absolute Gasteiger partial charge is 0.417 e. The van der Waals surface area contributed by atoms with Gasteiger partial charge in [0.25, 0.3) is 0 Å². The molecule has 5 nitrogen and oxygen atoms in total. The Kier molecular flexibility index (Phi) is 6.54. The van der Waals surface area contributed by atoms with Crippen molar-refractivity contribution >= 4 is 11.6 Å². The SMILES string of the molecule is CNC(=O)C1CN(Cc2cccc(F)c2)CC12CCN(c1ccc(C#N)c(C(F)(F)F)c1)CC2. The van der Waals surface area contributed by atoms with Crippen molar-refractivity contribution in [1.29, 1.82) is 5.26 Å². The van der Waals surface area contributed by atoms with E-state index in [1.807, 2.05) is 11.0 Å². The van der Waals surface area contributed by atoms with E-state index in [-0.39, 0.29) is 23.1 Å². The normalized spacial score (nSPS) is 20.4. The number of nitrogens with one attached hydrogen (secondary N) is 1. The summed E-state index contributed by atoms with van der Waals surface area (Å²) in [5, 5.41) is 11.8. The van der Waals surface area contributed by atoms with E-state index in [2.05, 4.69) is 10.2 Å². The molecule has 2 saturated heterocycles. The van der Waals surface area contributed by atoms with Crippen molar-refractivity contribution in [3.63, 3.8) is 0 Å². The van der Waals surface area contributed by atoms with E-state index in [1.54, 1.807) is 25.2 Å². The Bertz CT molecular complexity index is 1100. The standard InChI is InChI=1S/C25H26F4N4O/c1-31-23(34)22-15-32(14-17-3-2-4-19(26)11-17)16-24(22)7-9-33(10-8-24)20-6-5-18(13-30)21(12-20)25(27,28)29/h2-6,11-12,22H,7-10,14-16H2,1H3,(H,31,34). The first kappa shape index (κ1) is 24.0. The first-order chi connectivity index (χ1) is 16.1. The first-order valence-corrected chi connectivity index (χ1v) is 11.2. The second-order valence-corrected chi connectivity index (χ2v) is 9.16. The van der Waals surface area contributed by atoms with Crippen molar-refractivity contribution < 1.29 is 22.4 Å². The van der Waals surface area contributed by atoms with Crippen LogP contribution < -0.4 is 10.2 Å². The molecule has 2 heterocycles. The molecular formula is C25H26F4N4O. The minimum Gasteiger partial charge on any atom is -0.371 e. The molecule has 0 bridgehead atoms. The van der Waals surface area contributed by atoms with Gasteiger partial charge in [0.15, 0.2) is 0 Å². The summed E-state index contributed by atoms with van der Waals surface area (Å²) in [6.07, 6.45) is -3.32. The topological polar surface area (TPSA) is 59.4 Å². The van der Waals surface area contributed by atoms with Gasteiger partial charge in [-0.25, -0.2) is 4.39 Å². The van der Waals surface area contributed by atoms with E-state index in [9.17, 15) is 22.4 Å². The van der Waals surface area contributed by atoms with Gasteiger partial charge in [0, 0.05) is 45.5 Å². The van der Waals surface area contributed by atoms with Gasteiger partial charge in [-0.3, -0.25) is 9.69 Å². The van der Waals surface area contributed by atoms with Crippen molar-refractivity contribution in [3.05, 3.63) is 65.0 Å². The molecule has 2 aliphatic rings. The number of nitriles is 1. The van der Waals surface area contributed by atoms with Crippen LogP contribution in [0.3, 0.4) is 0 Å². The Morgan fingerprint density at radius 2 is 1.94 bits per heavy atom. The quantitative estimate of drug-likeness (QED) is 0.676. The Balaban J connectivity index is 1.52. The smallest absolute Gasteiger partial charge is 0.371 e. The van der Waals surface area contributed by atoms with Crippen LogP contribution in [0.1, 0.15) is 29.5 Å². The number of nitrogens with zero attached hydrogens (tertiary/aromatic N) is 3. The van der Waals surface area contributed by atoms with E-state index in [0.29, 0.717) is 51.3 Å². The second-order valence-electron chi connectivity index (χ2n) is 9.16. The Morgan fingerprint density at radius 3 is 2.56 bits per heavy atom. The number of carbonyl (C=O) groups excluding carboxylic acids is 1. The lowest BCUT2D eigenvalue weighted by molar-refractivity contribution is -0.137. The first-order valence-electron chi connectivity index (χ1n) is 11.2. The molecule has 1 atom stereocenters. The molecule has 2 aliphatic heterocycles. The number of likely N-dealkylation sites (tertiary alicyclic amines) is 1. The highest BCUT2D eigenvalue weighted by Gasteiger charge is 2.51. The van der Waals surface area contributed by atoms with Crippen LogP contribution >= 0.6 is 0 Å². The maximum atomic E-state index is 13.6. The van der Waals surface area contributed by atoms with Crippen LogP contribution in [0.5, 0.6) is 0 Å². The van der Waals surface area contributed by atoms with Gasteiger partial charge in [-0.15, -0.1) is 0 Å². The number of hydrogen-bond donors (Lipinski definition) is 1. The van der Waals surface area contributed by atoms with Gasteiger partial charge in [0.05, 0.1) is 23.1 Å². The van der Waals surface area contributed by atoms with E-state index in [0.717, 1.165) is 11.6 Å². The molecule has 1 unspecified atom stereocenters. The van der Waals surface area contributed by atoms with E-state index < -0.39 is 17.3 Å². The minimum atomic E-state index is -4.61. The molecule has 0 aliphatic carbocycles. The van der Waals surface area contributed by atoms with Gasteiger partial charge >= 0.3 is 6.18 Å². The average Bonchev–Trinajstić information content (AvgIpc) is 3.15. The summed E-state index contributed by atoms with van der Waals surface area (Å²) in [6.45, 7) is 2.75. The number of rotatable bonds is 4. The van der Waals surface area contributed by atoms with Crippen LogP contribution in [0.25, 0.3) is 0 Å². The number of benzene rings is 2. The summed E-state index contributed by atoms with van der Waals surface area (Å²) >= 11 is 0. The number of amides is 1. The molecule has 9 heteroatoms. The van der Waals surface area contributed by atoms with Crippen LogP contribution in [0.2, 0.25) is 0 Å². The second kappa shape index (κ2) is 9.26. The average molecular weight is 475 g/mol. The zero-order valence-corrected chi connectivity index (χ0v) is 18.8. The van der Waals surface area contributed by atoms with Gasteiger partial charge in [-0.2, -0.15) is 18.4 Å². The molecule has 2 aromatic rings. The van der Waals surface area contributed by atoms with Gasteiger partial charge in [-0.05, 0) is 54.2 Å². The third-order valence-electron chi connectivity index (χ3n) is 7.13. The molecule has 2 fully saturated rings. The number of piperidine rings is 1. The summed E-state index contributed by atoms with van der Waals surface area (Å²) in [5.41, 5.74) is -0.371. The molecule has 0 aromatic heterocycles. The highest BCUT2D eigenvalue weighted by atomic mass is 19.4. The Labute approximate surface area is 196 Å². The van der Waals surface area contributed by atoms with Gasteiger partial charge in [0.2, 0.25) is 5.91 Å². The number of hydrogen-bond acceptors (Lipinski definition) is 4. The van der Waals surface area contributed by atoms with Crippen molar-refractivity contribution in [1.82, 2.24) is 10.2 Å². The van der Waals surface area contributed by atoms with Crippen LogP contribution in [-0.4, -0.2) is 44.0 Å². The van der Waals surface area contributed by atoms with E-state index in [1.165, 1.54) is 18.2 Å². The van der Waals surface area contributed by atoms with Crippen molar-refractivity contribution in [2.45, 2.75) is 25.6 Å². The van der Waals surface area contributed by atoms with Crippen molar-refractivity contribution in [3.8, 4) is 6.07 Å². The Hall–Kier alpha value is -3.12. The molecule has 2 aromatic carbocycles. The molecule has 1 N–H and O–H groups in total. The van der Waals surface area contributed by atoms with Gasteiger partial charge in [0.1, 0.15) is 5.82 Å². The van der Waals surface area contributed by atoms with Crippen LogP contribution in [-0.2, 0) is 17.5 Å². The summed E-state index contributed by atoms with van der Waals surface area (Å²) in [7, 11) is 1.61. The molecule has 180 valence electrons. The maximum absolute atomic E-state index is 13.6. The van der Waals surface area contributed by atoms with Gasteiger partial charge < -0.3 is 10.2 Å². The van der Waals surface area contributed by atoms with Gasteiger partial charge in [-0.1, -0.05) is 12.1 Å². The third-order valence-corrected chi connectivity index (χ3v) is 7.13. The van der Waals surface area contributed by atoms with Crippen LogP contribution in [0, 0.1) is 28.5 Å². The third kappa shape index (κ3) is 4.73. The minimum absolute atomic E-state index is 0.0482. The summed E-state index contributed by atoms with van der Waals surface area (Å²) in [5.74, 6) is -0.601. The fourth-order valence-corrected chi connectivity index (χ4v) is 5.40. The predicted octanol–water partition coefficient (Wildman–Crippen LogP) is 4.18. The highest BCUT2D eigenvalue weighted by molar-refractivity contribution is 5.80. The van der Waals surface area contributed by atoms with Crippen molar-refractivity contribution in [2.75, 3.05) is 38.1 Å². The fourth-order valence-electron chi connectivity index (χ4n) is 5.40. The zero-order chi connectivity index (χ0) is 24.5. The lowest BCUT2D eigenvalue weighted by atomic mass is 9.70. The highest BCUT2D eigenvalue weighted by Crippen LogP contribution is 2.46.